The molecule has 0 spiro atoms. The van der Waals surface area contributed by atoms with Crippen molar-refractivity contribution in [3.05, 3.63) is 58.7 Å². The van der Waals surface area contributed by atoms with Crippen molar-refractivity contribution in [1.29, 1.82) is 5.26 Å². The van der Waals surface area contributed by atoms with Gasteiger partial charge in [0.05, 0.1) is 18.2 Å². The van der Waals surface area contributed by atoms with Crippen molar-refractivity contribution in [2.75, 3.05) is 44.7 Å². The number of nitrogens with zero attached hydrogens (tertiary/aromatic N) is 5. The lowest BCUT2D eigenvalue weighted by Crippen LogP contribution is -2.44. The van der Waals surface area contributed by atoms with Crippen LogP contribution in [-0.4, -0.2) is 72.7 Å². The Morgan fingerprint density at radius 2 is 1.84 bits per heavy atom. The lowest BCUT2D eigenvalue weighted by atomic mass is 9.93. The number of hydrogen-bond acceptors (Lipinski definition) is 6. The predicted octanol–water partition coefficient (Wildman–Crippen LogP) is 4.69. The average Bonchev–Trinajstić information content (AvgIpc) is 3.68. The third-order valence-electron chi connectivity index (χ3n) is 8.18. The number of hydrogen-bond donors (Lipinski definition) is 0. The summed E-state index contributed by atoms with van der Waals surface area (Å²) in [4.78, 5) is 36.7. The van der Waals surface area contributed by atoms with Crippen molar-refractivity contribution in [2.45, 2.75) is 44.1 Å². The molecule has 2 aromatic rings. The standard InChI is InChI=1S/C29H34ClN5O3/c1-33(29(37)38-15-12-20-2-3-20)26-19-35(18-25(26)22-5-7-24(30)8-6-22)28(36)23-10-13-34(14-11-23)27-9-4-21(16-31)17-32-27/h4-9,17,20,23,25-26H,2-3,10-15,18-19H2,1H3. The first kappa shape index (κ1) is 26.3. The van der Waals surface area contributed by atoms with Crippen molar-refractivity contribution in [3.63, 3.8) is 0 Å². The first-order valence-corrected chi connectivity index (χ1v) is 13.9. The lowest BCUT2D eigenvalue weighted by Gasteiger charge is -2.34. The number of carbonyl (C=O) groups excluding carboxylic acids is 2. The second kappa shape index (κ2) is 11.6. The van der Waals surface area contributed by atoms with Crippen molar-refractivity contribution in [2.24, 2.45) is 11.8 Å². The van der Waals surface area contributed by atoms with E-state index >= 15 is 0 Å². The summed E-state index contributed by atoms with van der Waals surface area (Å²) >= 11 is 6.14. The van der Waals surface area contributed by atoms with E-state index in [1.54, 1.807) is 24.2 Å². The van der Waals surface area contributed by atoms with Crippen LogP contribution in [0.5, 0.6) is 0 Å². The van der Waals surface area contributed by atoms with Crippen LogP contribution < -0.4 is 4.90 Å². The summed E-state index contributed by atoms with van der Waals surface area (Å²) in [6.45, 7) is 2.96. The molecule has 0 radical (unpaired) electrons. The maximum Gasteiger partial charge on any atom is 0.409 e. The zero-order valence-corrected chi connectivity index (χ0v) is 22.5. The minimum absolute atomic E-state index is 0.0138. The Bertz CT molecular complexity index is 1170. The Balaban J connectivity index is 1.23. The van der Waals surface area contributed by atoms with Gasteiger partial charge in [0.2, 0.25) is 5.91 Å². The topological polar surface area (TPSA) is 89.8 Å². The highest BCUT2D eigenvalue weighted by atomic mass is 35.5. The van der Waals surface area contributed by atoms with Gasteiger partial charge in [-0.2, -0.15) is 5.26 Å². The van der Waals surface area contributed by atoms with Gasteiger partial charge in [-0.15, -0.1) is 0 Å². The Hall–Kier alpha value is -3.31. The number of carbonyl (C=O) groups is 2. The average molecular weight is 536 g/mol. The van der Waals surface area contributed by atoms with E-state index in [4.69, 9.17) is 21.6 Å². The SMILES string of the molecule is CN(C(=O)OCCC1CC1)C1CN(C(=O)C2CCN(c3ccc(C#N)cn3)CC2)CC1c1ccc(Cl)cc1. The van der Waals surface area contributed by atoms with Crippen LogP contribution >= 0.6 is 11.6 Å². The van der Waals surface area contributed by atoms with Gasteiger partial charge in [0, 0.05) is 56.3 Å². The van der Waals surface area contributed by atoms with Gasteiger partial charge < -0.3 is 19.4 Å². The number of benzene rings is 1. The molecule has 5 rings (SSSR count). The molecule has 2 atom stereocenters. The zero-order valence-electron chi connectivity index (χ0n) is 21.8. The van der Waals surface area contributed by atoms with Gasteiger partial charge in [0.25, 0.3) is 0 Å². The van der Waals surface area contributed by atoms with E-state index in [0.29, 0.717) is 36.2 Å². The molecule has 3 fully saturated rings. The second-order valence-corrected chi connectivity index (χ2v) is 11.1. The smallest absolute Gasteiger partial charge is 0.409 e. The number of halogens is 1. The van der Waals surface area contributed by atoms with Gasteiger partial charge in [-0.25, -0.2) is 9.78 Å². The highest BCUT2D eigenvalue weighted by molar-refractivity contribution is 6.30. The Morgan fingerprint density at radius 3 is 2.47 bits per heavy atom. The van der Waals surface area contributed by atoms with Gasteiger partial charge in [-0.05, 0) is 55.0 Å². The summed E-state index contributed by atoms with van der Waals surface area (Å²) in [5.74, 6) is 1.61. The molecule has 0 N–H and O–H groups in total. The number of likely N-dealkylation sites (tertiary alicyclic amines) is 1. The summed E-state index contributed by atoms with van der Waals surface area (Å²) < 4.78 is 5.58. The van der Waals surface area contributed by atoms with E-state index in [2.05, 4.69) is 16.0 Å². The molecule has 9 heteroatoms. The van der Waals surface area contributed by atoms with Crippen LogP contribution in [0.3, 0.4) is 0 Å². The molecule has 200 valence electrons. The number of aromatic nitrogens is 1. The van der Waals surface area contributed by atoms with E-state index in [0.717, 1.165) is 43.7 Å². The van der Waals surface area contributed by atoms with E-state index in [1.165, 1.54) is 12.8 Å². The van der Waals surface area contributed by atoms with Gasteiger partial charge >= 0.3 is 6.09 Å². The molecule has 2 saturated heterocycles. The summed E-state index contributed by atoms with van der Waals surface area (Å²) in [5, 5.41) is 9.66. The van der Waals surface area contributed by atoms with E-state index in [1.807, 2.05) is 35.2 Å². The Kier molecular flexibility index (Phi) is 8.04. The number of likely N-dealkylation sites (N-methyl/N-ethyl adjacent to an activating group) is 1. The molecule has 2 aliphatic heterocycles. The van der Waals surface area contributed by atoms with Crippen LogP contribution in [0, 0.1) is 23.2 Å². The number of ether oxygens (including phenoxy) is 1. The molecule has 2 amide bonds. The number of amides is 2. The van der Waals surface area contributed by atoms with Crippen molar-refractivity contribution < 1.29 is 14.3 Å². The zero-order chi connectivity index (χ0) is 26.6. The van der Waals surface area contributed by atoms with Crippen LogP contribution in [0.1, 0.15) is 49.1 Å². The van der Waals surface area contributed by atoms with Crippen LogP contribution in [0.4, 0.5) is 10.6 Å². The molecule has 3 aliphatic rings. The van der Waals surface area contributed by atoms with Crippen LogP contribution in [0.25, 0.3) is 0 Å². The Labute approximate surface area is 229 Å². The first-order chi connectivity index (χ1) is 18.4. The van der Waals surface area contributed by atoms with Gasteiger partial charge in [-0.1, -0.05) is 36.6 Å². The molecule has 8 nitrogen and oxygen atoms in total. The number of rotatable bonds is 7. The van der Waals surface area contributed by atoms with Gasteiger partial charge in [0.1, 0.15) is 11.9 Å². The summed E-state index contributed by atoms with van der Waals surface area (Å²) in [6.07, 6.45) is 6.13. The summed E-state index contributed by atoms with van der Waals surface area (Å²) in [6, 6.07) is 13.3. The van der Waals surface area contributed by atoms with E-state index < -0.39 is 0 Å². The minimum atomic E-state index is -0.327. The molecule has 0 bridgehead atoms. The maximum atomic E-state index is 13.6. The fraction of sp³-hybridized carbons (Fsp3) is 0.517. The van der Waals surface area contributed by atoms with Crippen LogP contribution in [-0.2, 0) is 9.53 Å². The minimum Gasteiger partial charge on any atom is -0.449 e. The fourth-order valence-corrected chi connectivity index (χ4v) is 5.73. The number of nitriles is 1. The molecular weight excluding hydrogens is 502 g/mol. The number of anilines is 1. The van der Waals surface area contributed by atoms with E-state index in [9.17, 15) is 9.59 Å². The monoisotopic (exact) mass is 535 g/mol. The molecule has 1 aromatic carbocycles. The number of piperidine rings is 1. The fourth-order valence-electron chi connectivity index (χ4n) is 5.61. The molecule has 2 unspecified atom stereocenters. The van der Waals surface area contributed by atoms with E-state index in [-0.39, 0.29) is 29.9 Å². The normalized spacial score (nSPS) is 21.7. The first-order valence-electron chi connectivity index (χ1n) is 13.5. The molecule has 1 aliphatic carbocycles. The molecular formula is C29H34ClN5O3. The van der Waals surface area contributed by atoms with Crippen molar-refractivity contribution in [1.82, 2.24) is 14.8 Å². The quantitative estimate of drug-likeness (QED) is 0.511. The van der Waals surface area contributed by atoms with Gasteiger partial charge in [-0.3, -0.25) is 4.79 Å². The summed E-state index contributed by atoms with van der Waals surface area (Å²) in [5.41, 5.74) is 1.60. The molecule has 38 heavy (non-hydrogen) atoms. The van der Waals surface area contributed by atoms with Gasteiger partial charge in [0.15, 0.2) is 0 Å². The summed E-state index contributed by atoms with van der Waals surface area (Å²) in [7, 11) is 1.78. The highest BCUT2D eigenvalue weighted by Crippen LogP contribution is 2.35. The number of pyridine rings is 1. The Morgan fingerprint density at radius 1 is 1.11 bits per heavy atom. The molecule has 1 aromatic heterocycles. The second-order valence-electron chi connectivity index (χ2n) is 10.7. The van der Waals surface area contributed by atoms with Crippen molar-refractivity contribution in [3.8, 4) is 6.07 Å². The van der Waals surface area contributed by atoms with Crippen LogP contribution in [0.15, 0.2) is 42.6 Å². The third kappa shape index (κ3) is 6.05. The van der Waals surface area contributed by atoms with Crippen LogP contribution in [0.2, 0.25) is 5.02 Å². The highest BCUT2D eigenvalue weighted by Gasteiger charge is 2.42. The maximum absolute atomic E-state index is 13.6. The predicted molar refractivity (Wildman–Crippen MR) is 145 cm³/mol. The lowest BCUT2D eigenvalue weighted by molar-refractivity contribution is -0.135. The molecule has 3 heterocycles. The third-order valence-corrected chi connectivity index (χ3v) is 8.43. The van der Waals surface area contributed by atoms with Crippen molar-refractivity contribution >= 4 is 29.4 Å². The largest absolute Gasteiger partial charge is 0.449 e. The molecule has 1 saturated carbocycles.